The Morgan fingerprint density at radius 2 is 1.71 bits per heavy atom. The van der Waals surface area contributed by atoms with E-state index in [-0.39, 0.29) is 18.4 Å². The summed E-state index contributed by atoms with van der Waals surface area (Å²) in [4.78, 5) is 25.5. The van der Waals surface area contributed by atoms with E-state index in [0.29, 0.717) is 46.9 Å². The molecule has 0 heterocycles. The number of hydrogen-bond acceptors (Lipinski definition) is 6. The van der Waals surface area contributed by atoms with Gasteiger partial charge in [-0.2, -0.15) is 5.10 Å². The standard InChI is InChI=1S/C31H35Br2N3O5/c1-5-39-28-16-23(15-25(33)30(28)41-18-22-10-12-24(32)13-11-22)17-34-36-31(38)26(14-20(2)3)35-29(37)19-40-27-9-7-6-8-21(27)4/h6-13,15-17,20,26H,5,14,18-19H2,1-4H3,(H,35,37)(H,36,38)/b34-17-/t26-/m1/s1. The highest BCUT2D eigenvalue weighted by Crippen LogP contribution is 2.37. The molecule has 3 aromatic carbocycles. The number of rotatable bonds is 14. The zero-order chi connectivity index (χ0) is 29.8. The van der Waals surface area contributed by atoms with Crippen molar-refractivity contribution in [3.8, 4) is 17.2 Å². The van der Waals surface area contributed by atoms with Crippen LogP contribution < -0.4 is 25.0 Å². The van der Waals surface area contributed by atoms with Gasteiger partial charge in [-0.15, -0.1) is 0 Å². The summed E-state index contributed by atoms with van der Waals surface area (Å²) in [5.74, 6) is 1.11. The van der Waals surface area contributed by atoms with Gasteiger partial charge < -0.3 is 19.5 Å². The van der Waals surface area contributed by atoms with E-state index in [1.807, 2.05) is 76.2 Å². The van der Waals surface area contributed by atoms with Crippen LogP contribution in [0.4, 0.5) is 0 Å². The zero-order valence-electron chi connectivity index (χ0n) is 23.6. The van der Waals surface area contributed by atoms with E-state index >= 15 is 0 Å². The third-order valence-corrected chi connectivity index (χ3v) is 6.95. The minimum absolute atomic E-state index is 0.168. The number of hydrogen-bond donors (Lipinski definition) is 2. The second kappa shape index (κ2) is 16.2. The SMILES string of the molecule is CCOc1cc(/C=N\NC(=O)[C@@H](CC(C)C)NC(=O)COc2ccccc2C)cc(Br)c1OCc1ccc(Br)cc1. The van der Waals surface area contributed by atoms with Gasteiger partial charge in [0.1, 0.15) is 18.4 Å². The van der Waals surface area contributed by atoms with Crippen LogP contribution in [0.25, 0.3) is 0 Å². The molecular weight excluding hydrogens is 654 g/mol. The summed E-state index contributed by atoms with van der Waals surface area (Å²) in [7, 11) is 0. The Hall–Kier alpha value is -3.37. The van der Waals surface area contributed by atoms with Crippen LogP contribution in [0.3, 0.4) is 0 Å². The molecular formula is C31H35Br2N3O5. The van der Waals surface area contributed by atoms with E-state index in [2.05, 4.69) is 47.7 Å². The van der Waals surface area contributed by atoms with Crippen molar-refractivity contribution >= 4 is 49.9 Å². The highest BCUT2D eigenvalue weighted by Gasteiger charge is 2.22. The number of benzene rings is 3. The van der Waals surface area contributed by atoms with E-state index in [1.165, 1.54) is 6.21 Å². The summed E-state index contributed by atoms with van der Waals surface area (Å²) < 4.78 is 19.2. The molecule has 0 radical (unpaired) electrons. The smallest absolute Gasteiger partial charge is 0.262 e. The number of aryl methyl sites for hydroxylation is 1. The lowest BCUT2D eigenvalue weighted by Gasteiger charge is -2.19. The average molecular weight is 689 g/mol. The van der Waals surface area contributed by atoms with Gasteiger partial charge in [0.2, 0.25) is 0 Å². The fourth-order valence-electron chi connectivity index (χ4n) is 3.85. The van der Waals surface area contributed by atoms with Gasteiger partial charge in [0.25, 0.3) is 11.8 Å². The molecule has 3 aromatic rings. The first-order chi connectivity index (χ1) is 19.7. The van der Waals surface area contributed by atoms with Crippen LogP contribution in [-0.4, -0.2) is 37.3 Å². The minimum Gasteiger partial charge on any atom is -0.490 e. The topological polar surface area (TPSA) is 98.2 Å². The number of nitrogens with one attached hydrogen (secondary N) is 2. The lowest BCUT2D eigenvalue weighted by Crippen LogP contribution is -2.47. The summed E-state index contributed by atoms with van der Waals surface area (Å²) in [6.07, 6.45) is 1.96. The van der Waals surface area contributed by atoms with Crippen molar-refractivity contribution in [1.29, 1.82) is 0 Å². The van der Waals surface area contributed by atoms with E-state index < -0.39 is 11.9 Å². The summed E-state index contributed by atoms with van der Waals surface area (Å²) >= 11 is 7.00. The molecule has 0 fully saturated rings. The monoisotopic (exact) mass is 687 g/mol. The number of para-hydroxylation sites is 1. The van der Waals surface area contributed by atoms with Gasteiger partial charge in [-0.05, 0) is 89.1 Å². The van der Waals surface area contributed by atoms with Crippen LogP contribution >= 0.6 is 31.9 Å². The fourth-order valence-corrected chi connectivity index (χ4v) is 4.69. The summed E-state index contributed by atoms with van der Waals surface area (Å²) in [6, 6.07) is 18.2. The van der Waals surface area contributed by atoms with Crippen molar-refractivity contribution in [1.82, 2.24) is 10.7 Å². The molecule has 0 saturated carbocycles. The first-order valence-electron chi connectivity index (χ1n) is 13.3. The molecule has 41 heavy (non-hydrogen) atoms. The molecule has 0 aliphatic heterocycles. The van der Waals surface area contributed by atoms with Gasteiger partial charge >= 0.3 is 0 Å². The Balaban J connectivity index is 1.63. The van der Waals surface area contributed by atoms with Crippen LogP contribution in [0.5, 0.6) is 17.2 Å². The number of carbonyl (C=O) groups is 2. The third kappa shape index (κ3) is 10.5. The Kier molecular flexibility index (Phi) is 12.7. The quantitative estimate of drug-likeness (QED) is 0.148. The Bertz CT molecular complexity index is 1350. The predicted molar refractivity (Wildman–Crippen MR) is 168 cm³/mol. The first-order valence-corrected chi connectivity index (χ1v) is 14.9. The van der Waals surface area contributed by atoms with Crippen LogP contribution in [0.1, 0.15) is 43.9 Å². The first kappa shape index (κ1) is 32.1. The summed E-state index contributed by atoms with van der Waals surface area (Å²) in [5.41, 5.74) is 5.17. The number of amides is 2. The van der Waals surface area contributed by atoms with Crippen molar-refractivity contribution in [2.75, 3.05) is 13.2 Å². The second-order valence-electron chi connectivity index (χ2n) is 9.72. The van der Waals surface area contributed by atoms with Gasteiger partial charge in [0.15, 0.2) is 18.1 Å². The van der Waals surface area contributed by atoms with Crippen molar-refractivity contribution < 1.29 is 23.8 Å². The van der Waals surface area contributed by atoms with Crippen molar-refractivity contribution in [3.05, 3.63) is 86.3 Å². The highest BCUT2D eigenvalue weighted by molar-refractivity contribution is 9.10. The maximum atomic E-state index is 12.9. The molecule has 218 valence electrons. The highest BCUT2D eigenvalue weighted by atomic mass is 79.9. The molecule has 10 heteroatoms. The minimum atomic E-state index is -0.764. The van der Waals surface area contributed by atoms with Crippen molar-refractivity contribution in [3.63, 3.8) is 0 Å². The Morgan fingerprint density at radius 1 is 0.976 bits per heavy atom. The number of ether oxygens (including phenoxy) is 3. The summed E-state index contributed by atoms with van der Waals surface area (Å²) in [5, 5.41) is 6.89. The molecule has 0 aliphatic rings. The predicted octanol–water partition coefficient (Wildman–Crippen LogP) is 6.56. The average Bonchev–Trinajstić information content (AvgIpc) is 2.92. The van der Waals surface area contributed by atoms with E-state index in [1.54, 1.807) is 12.1 Å². The maximum absolute atomic E-state index is 12.9. The van der Waals surface area contributed by atoms with Crippen LogP contribution in [-0.2, 0) is 16.2 Å². The largest absolute Gasteiger partial charge is 0.490 e. The molecule has 2 N–H and O–H groups in total. The molecule has 0 unspecified atom stereocenters. The van der Waals surface area contributed by atoms with E-state index in [0.717, 1.165) is 15.6 Å². The Labute approximate surface area is 258 Å². The number of carbonyl (C=O) groups excluding carboxylic acids is 2. The third-order valence-electron chi connectivity index (χ3n) is 5.83. The van der Waals surface area contributed by atoms with Crippen molar-refractivity contribution in [2.45, 2.75) is 46.8 Å². The molecule has 0 saturated heterocycles. The van der Waals surface area contributed by atoms with Gasteiger partial charge in [-0.1, -0.05) is 60.1 Å². The van der Waals surface area contributed by atoms with Crippen molar-refractivity contribution in [2.24, 2.45) is 11.0 Å². The lowest BCUT2D eigenvalue weighted by molar-refractivity contribution is -0.130. The zero-order valence-corrected chi connectivity index (χ0v) is 26.8. The molecule has 0 aromatic heterocycles. The van der Waals surface area contributed by atoms with Gasteiger partial charge in [0.05, 0.1) is 17.3 Å². The molecule has 3 rings (SSSR count). The van der Waals surface area contributed by atoms with Gasteiger partial charge in [0, 0.05) is 4.47 Å². The van der Waals surface area contributed by atoms with Gasteiger partial charge in [-0.25, -0.2) is 5.43 Å². The normalized spacial score (nSPS) is 11.8. The number of hydrazone groups is 1. The molecule has 8 nitrogen and oxygen atoms in total. The number of nitrogens with zero attached hydrogens (tertiary/aromatic N) is 1. The molecule has 2 amide bonds. The van der Waals surface area contributed by atoms with E-state index in [9.17, 15) is 9.59 Å². The van der Waals surface area contributed by atoms with E-state index in [4.69, 9.17) is 14.2 Å². The Morgan fingerprint density at radius 3 is 2.39 bits per heavy atom. The second-order valence-corrected chi connectivity index (χ2v) is 11.5. The molecule has 1 atom stereocenters. The lowest BCUT2D eigenvalue weighted by atomic mass is 10.0. The molecule has 0 aliphatic carbocycles. The molecule has 0 spiro atoms. The fraction of sp³-hybridized carbons (Fsp3) is 0.323. The maximum Gasteiger partial charge on any atom is 0.262 e. The number of halogens is 2. The summed E-state index contributed by atoms with van der Waals surface area (Å²) in [6.45, 7) is 8.38. The molecule has 0 bridgehead atoms. The van der Waals surface area contributed by atoms with Crippen LogP contribution in [0.15, 0.2) is 74.7 Å². The van der Waals surface area contributed by atoms with Gasteiger partial charge in [-0.3, -0.25) is 9.59 Å². The van der Waals surface area contributed by atoms with Crippen LogP contribution in [0, 0.1) is 12.8 Å². The van der Waals surface area contributed by atoms with Crippen LogP contribution in [0.2, 0.25) is 0 Å².